The third-order valence-corrected chi connectivity index (χ3v) is 4.47. The van der Waals surface area contributed by atoms with Crippen LogP contribution in [0, 0.1) is 11.6 Å². The first kappa shape index (κ1) is 23.4. The molecule has 0 bridgehead atoms. The second-order valence-corrected chi connectivity index (χ2v) is 6.93. The molecule has 1 heterocycles. The number of halogens is 6. The molecule has 0 saturated heterocycles. The van der Waals surface area contributed by atoms with Gasteiger partial charge in [-0.25, -0.2) is 22.0 Å². The van der Waals surface area contributed by atoms with Crippen LogP contribution in [-0.2, 0) is 0 Å². The number of aliphatic hydroxyl groups is 1. The van der Waals surface area contributed by atoms with E-state index in [-0.39, 0.29) is 11.4 Å². The molecule has 12 heteroatoms. The number of benzene rings is 2. The van der Waals surface area contributed by atoms with E-state index >= 15 is 0 Å². The van der Waals surface area contributed by atoms with Crippen molar-refractivity contribution in [3.8, 4) is 16.9 Å². The highest BCUT2D eigenvalue weighted by atomic mass is 35.5. The summed E-state index contributed by atoms with van der Waals surface area (Å²) in [4.78, 5) is 25.2. The van der Waals surface area contributed by atoms with Gasteiger partial charge in [0.1, 0.15) is 17.2 Å². The van der Waals surface area contributed by atoms with Crippen molar-refractivity contribution in [1.29, 1.82) is 0 Å². The Kier molecular flexibility index (Phi) is 6.90. The summed E-state index contributed by atoms with van der Waals surface area (Å²) in [5, 5.41) is 14.9. The number of carbonyl (C=O) groups is 1. The summed E-state index contributed by atoms with van der Waals surface area (Å²) in [7, 11) is 0. The van der Waals surface area contributed by atoms with Gasteiger partial charge in [-0.05, 0) is 30.3 Å². The Hall–Kier alpha value is -3.31. The van der Waals surface area contributed by atoms with E-state index in [0.717, 1.165) is 18.2 Å². The molecule has 1 unspecified atom stereocenters. The van der Waals surface area contributed by atoms with Crippen LogP contribution < -0.4 is 10.9 Å². The van der Waals surface area contributed by atoms with Crippen molar-refractivity contribution in [2.24, 2.45) is 0 Å². The van der Waals surface area contributed by atoms with Crippen molar-refractivity contribution < 1.29 is 31.9 Å². The number of aromatic nitrogens is 2. The molecule has 0 aliphatic heterocycles. The first-order chi connectivity index (χ1) is 15.1. The molecule has 6 nitrogen and oxygen atoms in total. The van der Waals surface area contributed by atoms with Crippen molar-refractivity contribution in [3.05, 3.63) is 81.1 Å². The fourth-order valence-electron chi connectivity index (χ4n) is 2.67. The molecule has 0 fully saturated rings. The number of nitrogens with one attached hydrogen (secondary N) is 1. The molecule has 1 aromatic heterocycles. The molecule has 0 aliphatic rings. The number of alkyl halides is 3. The van der Waals surface area contributed by atoms with Gasteiger partial charge in [0.2, 0.25) is 6.30 Å². The zero-order valence-electron chi connectivity index (χ0n) is 15.8. The number of hydrogen-bond acceptors (Lipinski definition) is 4. The Morgan fingerprint density at radius 1 is 1.03 bits per heavy atom. The van der Waals surface area contributed by atoms with Crippen LogP contribution in [0.1, 0.15) is 10.4 Å². The van der Waals surface area contributed by atoms with Crippen molar-refractivity contribution >= 4 is 17.5 Å². The van der Waals surface area contributed by atoms with Crippen LogP contribution in [0.2, 0.25) is 5.02 Å². The third kappa shape index (κ3) is 5.11. The lowest BCUT2D eigenvalue weighted by Gasteiger charge is -2.17. The van der Waals surface area contributed by atoms with Crippen LogP contribution >= 0.6 is 11.6 Å². The van der Waals surface area contributed by atoms with Crippen LogP contribution in [0.15, 0.2) is 53.3 Å². The number of nitrogens with zero attached hydrogens (tertiary/aromatic N) is 2. The molecule has 0 spiro atoms. The molecule has 168 valence electrons. The van der Waals surface area contributed by atoms with Crippen LogP contribution in [-0.4, -0.2) is 39.6 Å². The van der Waals surface area contributed by atoms with E-state index in [2.05, 4.69) is 5.10 Å². The highest BCUT2D eigenvalue weighted by Gasteiger charge is 2.30. The summed E-state index contributed by atoms with van der Waals surface area (Å²) in [6.45, 7) is 0. The number of hydrogen-bond donors (Lipinski definition) is 2. The fourth-order valence-corrected chi connectivity index (χ4v) is 2.80. The topological polar surface area (TPSA) is 84.2 Å². The van der Waals surface area contributed by atoms with E-state index in [1.165, 1.54) is 29.6 Å². The van der Waals surface area contributed by atoms with Crippen LogP contribution in [0.5, 0.6) is 0 Å². The maximum atomic E-state index is 13.8. The first-order valence-corrected chi connectivity index (χ1v) is 9.22. The fraction of sp³-hybridized carbons (Fsp3) is 0.150. The first-order valence-electron chi connectivity index (χ1n) is 8.84. The molecule has 2 atom stereocenters. The summed E-state index contributed by atoms with van der Waals surface area (Å²) in [6.07, 6.45) is -9.23. The average Bonchev–Trinajstić information content (AvgIpc) is 2.73. The van der Waals surface area contributed by atoms with Crippen LogP contribution in [0.25, 0.3) is 16.9 Å². The van der Waals surface area contributed by atoms with Crippen molar-refractivity contribution in [2.75, 3.05) is 0 Å². The highest BCUT2D eigenvalue weighted by molar-refractivity contribution is 6.30. The lowest BCUT2D eigenvalue weighted by Crippen LogP contribution is -2.45. The van der Waals surface area contributed by atoms with Crippen molar-refractivity contribution in [1.82, 2.24) is 15.1 Å². The molecule has 0 radical (unpaired) electrons. The van der Waals surface area contributed by atoms with Gasteiger partial charge in [-0.1, -0.05) is 23.7 Å². The summed E-state index contributed by atoms with van der Waals surface area (Å²) in [6, 6.07) is 8.88. The Morgan fingerprint density at radius 2 is 1.62 bits per heavy atom. The van der Waals surface area contributed by atoms with Gasteiger partial charge in [0, 0.05) is 16.7 Å². The Morgan fingerprint density at radius 3 is 2.19 bits per heavy atom. The largest absolute Gasteiger partial charge is 0.382 e. The summed E-state index contributed by atoms with van der Waals surface area (Å²) < 4.78 is 66.7. The van der Waals surface area contributed by atoms with Gasteiger partial charge < -0.3 is 10.4 Å². The monoisotopic (exact) mass is 473 g/mol. The van der Waals surface area contributed by atoms with E-state index in [1.54, 1.807) is 0 Å². The zero-order chi connectivity index (χ0) is 23.6. The van der Waals surface area contributed by atoms with Gasteiger partial charge in [0.15, 0.2) is 6.10 Å². The number of rotatable bonds is 6. The predicted octanol–water partition coefficient (Wildman–Crippen LogP) is 3.48. The van der Waals surface area contributed by atoms with E-state index in [1.807, 2.05) is 0 Å². The van der Waals surface area contributed by atoms with E-state index < -0.39 is 47.5 Å². The average molecular weight is 474 g/mol. The predicted molar refractivity (Wildman–Crippen MR) is 105 cm³/mol. The van der Waals surface area contributed by atoms with Gasteiger partial charge in [0.05, 0.1) is 11.4 Å². The molecule has 1 amide bonds. The SMILES string of the molecule is O=C(NC(F)[C@H](O)C(F)F)c1cc(-c2ccc(Cl)cc2)nn(-c2cc(F)cc(F)c2)c1=O. The molecule has 32 heavy (non-hydrogen) atoms. The molecule has 0 saturated carbocycles. The molecule has 3 rings (SSSR count). The lowest BCUT2D eigenvalue weighted by atomic mass is 10.1. The molecule has 2 N–H and O–H groups in total. The molecule has 2 aromatic carbocycles. The standard InChI is InChI=1S/C20H13ClF5N3O3/c21-10-3-1-9(2-4-10)15-8-14(19(31)27-18(26)16(30)17(24)25)20(32)29(28-15)13-6-11(22)5-12(23)7-13/h1-8,16-18,30H,(H,27,31)/t16-,18?/m1/s1. The summed E-state index contributed by atoms with van der Waals surface area (Å²) >= 11 is 5.83. The number of aliphatic hydroxyl groups excluding tert-OH is 1. The van der Waals surface area contributed by atoms with E-state index in [4.69, 9.17) is 16.7 Å². The van der Waals surface area contributed by atoms with Gasteiger partial charge in [-0.3, -0.25) is 9.59 Å². The van der Waals surface area contributed by atoms with Crippen molar-refractivity contribution in [3.63, 3.8) is 0 Å². The zero-order valence-corrected chi connectivity index (χ0v) is 16.5. The quantitative estimate of drug-likeness (QED) is 0.424. The minimum atomic E-state index is -3.50. The van der Waals surface area contributed by atoms with Gasteiger partial charge in [0.25, 0.3) is 17.9 Å². The third-order valence-electron chi connectivity index (χ3n) is 4.22. The van der Waals surface area contributed by atoms with Gasteiger partial charge in [-0.2, -0.15) is 9.78 Å². The Balaban J connectivity index is 2.15. The number of carbonyl (C=O) groups excluding carboxylic acids is 1. The van der Waals surface area contributed by atoms with Crippen LogP contribution in [0.3, 0.4) is 0 Å². The molecule has 3 aromatic rings. The molecule has 0 aliphatic carbocycles. The molecular formula is C20H13ClF5N3O3. The second kappa shape index (κ2) is 9.45. The Bertz CT molecular complexity index is 1180. The maximum absolute atomic E-state index is 13.8. The van der Waals surface area contributed by atoms with Crippen LogP contribution in [0.4, 0.5) is 22.0 Å². The van der Waals surface area contributed by atoms with Gasteiger partial charge in [-0.15, -0.1) is 0 Å². The second-order valence-electron chi connectivity index (χ2n) is 6.50. The lowest BCUT2D eigenvalue weighted by molar-refractivity contribution is -0.0551. The van der Waals surface area contributed by atoms with E-state index in [9.17, 15) is 31.5 Å². The van der Waals surface area contributed by atoms with Gasteiger partial charge >= 0.3 is 0 Å². The summed E-state index contributed by atoms with van der Waals surface area (Å²) in [5.41, 5.74) is -2.12. The smallest absolute Gasteiger partial charge is 0.284 e. The minimum absolute atomic E-state index is 0.0547. The highest BCUT2D eigenvalue weighted by Crippen LogP contribution is 2.21. The van der Waals surface area contributed by atoms with Crippen molar-refractivity contribution in [2.45, 2.75) is 18.8 Å². The molecular weight excluding hydrogens is 461 g/mol. The number of amides is 1. The maximum Gasteiger partial charge on any atom is 0.284 e. The normalized spacial score (nSPS) is 13.1. The summed E-state index contributed by atoms with van der Waals surface area (Å²) in [5.74, 6) is -3.54. The Labute approximate surface area is 181 Å². The minimum Gasteiger partial charge on any atom is -0.382 e. The van der Waals surface area contributed by atoms with E-state index in [0.29, 0.717) is 21.3 Å².